The van der Waals surface area contributed by atoms with Crippen molar-refractivity contribution in [3.8, 4) is 0 Å². The van der Waals surface area contributed by atoms with E-state index < -0.39 is 11.9 Å². The van der Waals surface area contributed by atoms with Crippen molar-refractivity contribution >= 4 is 11.7 Å². The smallest absolute Gasteiger partial charge is 0.312 e. The van der Waals surface area contributed by atoms with Gasteiger partial charge in [0.1, 0.15) is 0 Å². The Balaban J connectivity index is 2.35. The van der Waals surface area contributed by atoms with Gasteiger partial charge in [-0.05, 0) is 24.5 Å². The molecule has 1 unspecified atom stereocenters. The van der Waals surface area contributed by atoms with Gasteiger partial charge in [0.05, 0.1) is 5.92 Å². The summed E-state index contributed by atoms with van der Waals surface area (Å²) in [4.78, 5) is 13.5. The molecule has 1 atom stereocenters. The van der Waals surface area contributed by atoms with Crippen molar-refractivity contribution in [1.29, 1.82) is 0 Å². The highest BCUT2D eigenvalue weighted by Crippen LogP contribution is 2.29. The van der Waals surface area contributed by atoms with Gasteiger partial charge >= 0.3 is 5.97 Å². The van der Waals surface area contributed by atoms with Gasteiger partial charge in [0.2, 0.25) is 0 Å². The minimum atomic E-state index is -0.848. The van der Waals surface area contributed by atoms with Crippen LogP contribution >= 0.6 is 0 Å². The van der Waals surface area contributed by atoms with Gasteiger partial charge in [0.25, 0.3) is 0 Å². The molecule has 4 nitrogen and oxygen atoms in total. The third-order valence-corrected chi connectivity index (χ3v) is 3.29. The molecule has 0 radical (unpaired) electrons. The Kier molecular flexibility index (Phi) is 3.64. The van der Waals surface area contributed by atoms with Crippen LogP contribution in [0.2, 0.25) is 0 Å². The number of hydrogen-bond donors (Lipinski definition) is 2. The van der Waals surface area contributed by atoms with Gasteiger partial charge in [-0.25, -0.2) is 0 Å². The number of carbonyl (C=O) groups is 1. The summed E-state index contributed by atoms with van der Waals surface area (Å²) in [5.74, 6) is -1.45. The van der Waals surface area contributed by atoms with E-state index in [1.54, 1.807) is 0 Å². The van der Waals surface area contributed by atoms with Gasteiger partial charge in [-0.1, -0.05) is 18.2 Å². The molecule has 0 saturated carbocycles. The number of nitrogens with zero attached hydrogens (tertiary/aromatic N) is 1. The van der Waals surface area contributed by atoms with Crippen LogP contribution in [0.3, 0.4) is 0 Å². The lowest BCUT2D eigenvalue weighted by Crippen LogP contribution is -2.25. The lowest BCUT2D eigenvalue weighted by Gasteiger charge is -2.23. The fraction of sp³-hybridized carbons (Fsp3) is 0.462. The summed E-state index contributed by atoms with van der Waals surface area (Å²) in [6, 6.07) is 7.69. The normalized spacial score (nSPS) is 17.1. The monoisotopic (exact) mass is 234 g/mol. The SMILES string of the molecule is NCC(C(=O)O)c1ccccc1N1CCCC1. The molecule has 1 aromatic rings. The highest BCUT2D eigenvalue weighted by molar-refractivity contribution is 5.79. The molecular formula is C13H18N2O2. The van der Waals surface area contributed by atoms with E-state index in [0.717, 1.165) is 24.3 Å². The number of benzene rings is 1. The zero-order valence-electron chi connectivity index (χ0n) is 9.80. The van der Waals surface area contributed by atoms with E-state index in [1.807, 2.05) is 24.3 Å². The minimum Gasteiger partial charge on any atom is -0.481 e. The summed E-state index contributed by atoms with van der Waals surface area (Å²) in [5.41, 5.74) is 7.44. The summed E-state index contributed by atoms with van der Waals surface area (Å²) in [7, 11) is 0. The summed E-state index contributed by atoms with van der Waals surface area (Å²) in [5, 5.41) is 9.20. The summed E-state index contributed by atoms with van der Waals surface area (Å²) in [6.07, 6.45) is 2.35. The third-order valence-electron chi connectivity index (χ3n) is 3.29. The maximum atomic E-state index is 11.2. The van der Waals surface area contributed by atoms with Gasteiger partial charge in [-0.3, -0.25) is 4.79 Å². The number of rotatable bonds is 4. The first-order valence-electron chi connectivity index (χ1n) is 6.00. The summed E-state index contributed by atoms with van der Waals surface area (Å²) in [6.45, 7) is 2.15. The second-order valence-electron chi connectivity index (χ2n) is 4.38. The fourth-order valence-electron chi connectivity index (χ4n) is 2.39. The number of carboxylic acids is 1. The first kappa shape index (κ1) is 11.9. The Bertz CT molecular complexity index is 400. The molecule has 0 aliphatic carbocycles. The first-order valence-corrected chi connectivity index (χ1v) is 6.00. The van der Waals surface area contributed by atoms with Crippen LogP contribution in [0.4, 0.5) is 5.69 Å². The fourth-order valence-corrected chi connectivity index (χ4v) is 2.39. The van der Waals surface area contributed by atoms with Crippen molar-refractivity contribution in [1.82, 2.24) is 0 Å². The van der Waals surface area contributed by atoms with E-state index in [1.165, 1.54) is 12.8 Å². The Morgan fingerprint density at radius 3 is 2.59 bits per heavy atom. The molecule has 1 fully saturated rings. The molecule has 1 saturated heterocycles. The minimum absolute atomic E-state index is 0.139. The van der Waals surface area contributed by atoms with Crippen LogP contribution in [-0.4, -0.2) is 30.7 Å². The molecule has 0 spiro atoms. The third kappa shape index (κ3) is 2.42. The quantitative estimate of drug-likeness (QED) is 0.826. The molecule has 0 bridgehead atoms. The van der Waals surface area contributed by atoms with Crippen molar-refractivity contribution in [3.63, 3.8) is 0 Å². The Morgan fingerprint density at radius 1 is 1.35 bits per heavy atom. The van der Waals surface area contributed by atoms with E-state index in [9.17, 15) is 9.90 Å². The average molecular weight is 234 g/mol. The largest absolute Gasteiger partial charge is 0.481 e. The van der Waals surface area contributed by atoms with E-state index >= 15 is 0 Å². The highest BCUT2D eigenvalue weighted by Gasteiger charge is 2.24. The molecule has 0 amide bonds. The second-order valence-corrected chi connectivity index (χ2v) is 4.38. The van der Waals surface area contributed by atoms with Crippen LogP contribution in [0, 0.1) is 0 Å². The van der Waals surface area contributed by atoms with Gasteiger partial charge in [0, 0.05) is 25.3 Å². The molecule has 1 aliphatic heterocycles. The zero-order valence-corrected chi connectivity index (χ0v) is 9.80. The molecular weight excluding hydrogens is 216 g/mol. The highest BCUT2D eigenvalue weighted by atomic mass is 16.4. The van der Waals surface area contributed by atoms with E-state index in [0.29, 0.717) is 0 Å². The molecule has 1 aliphatic rings. The van der Waals surface area contributed by atoms with Crippen LogP contribution in [0.15, 0.2) is 24.3 Å². The number of para-hydroxylation sites is 1. The maximum Gasteiger partial charge on any atom is 0.312 e. The Hall–Kier alpha value is -1.55. The van der Waals surface area contributed by atoms with Crippen LogP contribution in [0.5, 0.6) is 0 Å². The van der Waals surface area contributed by atoms with E-state index in [4.69, 9.17) is 5.73 Å². The number of aliphatic carboxylic acids is 1. The number of hydrogen-bond acceptors (Lipinski definition) is 3. The van der Waals surface area contributed by atoms with E-state index in [-0.39, 0.29) is 6.54 Å². The molecule has 1 aromatic carbocycles. The van der Waals surface area contributed by atoms with Crippen molar-refractivity contribution in [3.05, 3.63) is 29.8 Å². The van der Waals surface area contributed by atoms with Crippen molar-refractivity contribution in [2.45, 2.75) is 18.8 Å². The Morgan fingerprint density at radius 2 is 2.00 bits per heavy atom. The van der Waals surface area contributed by atoms with Crippen molar-refractivity contribution in [2.24, 2.45) is 5.73 Å². The molecule has 92 valence electrons. The van der Waals surface area contributed by atoms with Crippen molar-refractivity contribution < 1.29 is 9.90 Å². The molecule has 4 heteroatoms. The predicted octanol–water partition coefficient (Wildman–Crippen LogP) is 1.41. The zero-order chi connectivity index (χ0) is 12.3. The Labute approximate surface area is 101 Å². The molecule has 17 heavy (non-hydrogen) atoms. The average Bonchev–Trinajstić information content (AvgIpc) is 2.83. The molecule has 0 aromatic heterocycles. The van der Waals surface area contributed by atoms with Gasteiger partial charge in [-0.2, -0.15) is 0 Å². The summed E-state index contributed by atoms with van der Waals surface area (Å²) < 4.78 is 0. The number of carboxylic acid groups (broad SMARTS) is 1. The number of nitrogens with two attached hydrogens (primary N) is 1. The lowest BCUT2D eigenvalue weighted by molar-refractivity contribution is -0.138. The number of anilines is 1. The standard InChI is InChI=1S/C13H18N2O2/c14-9-11(13(16)17)10-5-1-2-6-12(10)15-7-3-4-8-15/h1-2,5-6,11H,3-4,7-9,14H2,(H,16,17). The lowest BCUT2D eigenvalue weighted by atomic mass is 9.97. The predicted molar refractivity (Wildman–Crippen MR) is 67.3 cm³/mol. The van der Waals surface area contributed by atoms with Crippen LogP contribution < -0.4 is 10.6 Å². The van der Waals surface area contributed by atoms with Crippen molar-refractivity contribution in [2.75, 3.05) is 24.5 Å². The molecule has 2 rings (SSSR count). The first-order chi connectivity index (χ1) is 8.24. The van der Waals surface area contributed by atoms with Gasteiger partial charge in [-0.15, -0.1) is 0 Å². The van der Waals surface area contributed by atoms with Gasteiger partial charge < -0.3 is 15.7 Å². The summed E-state index contributed by atoms with van der Waals surface area (Å²) >= 11 is 0. The van der Waals surface area contributed by atoms with E-state index in [2.05, 4.69) is 4.90 Å². The topological polar surface area (TPSA) is 66.6 Å². The van der Waals surface area contributed by atoms with Crippen LogP contribution in [0.1, 0.15) is 24.3 Å². The molecule has 3 N–H and O–H groups in total. The second kappa shape index (κ2) is 5.19. The van der Waals surface area contributed by atoms with Crippen LogP contribution in [0.25, 0.3) is 0 Å². The maximum absolute atomic E-state index is 11.2. The molecule has 1 heterocycles. The van der Waals surface area contributed by atoms with Gasteiger partial charge in [0.15, 0.2) is 0 Å². The van der Waals surface area contributed by atoms with Crippen LogP contribution in [-0.2, 0) is 4.79 Å².